The highest BCUT2D eigenvalue weighted by Gasteiger charge is 2.15. The first-order valence-electron chi connectivity index (χ1n) is 8.97. The quantitative estimate of drug-likeness (QED) is 0.416. The normalized spacial score (nSPS) is 11.7. The number of aromatic nitrogens is 4. The van der Waals surface area contributed by atoms with Gasteiger partial charge in [0, 0.05) is 29.2 Å². The number of hydrogen-bond acceptors (Lipinski definition) is 5. The largest absolute Gasteiger partial charge is 0.460 e. The van der Waals surface area contributed by atoms with E-state index in [2.05, 4.69) is 31.0 Å². The van der Waals surface area contributed by atoms with Gasteiger partial charge in [-0.1, -0.05) is 15.9 Å². The topological polar surface area (TPSA) is 69.9 Å². The molecule has 0 bridgehead atoms. The third kappa shape index (κ3) is 5.60. The van der Waals surface area contributed by atoms with Crippen molar-refractivity contribution in [2.75, 3.05) is 0 Å². The molecule has 0 fully saturated rings. The van der Waals surface area contributed by atoms with Crippen molar-refractivity contribution in [1.29, 1.82) is 0 Å². The molecule has 0 unspecified atom stereocenters. The second-order valence-corrected chi connectivity index (χ2v) is 8.34. The molecular formula is C20H23BrN4O2. The molecular weight excluding hydrogens is 408 g/mol. The molecule has 6 nitrogen and oxygen atoms in total. The molecule has 7 heteroatoms. The van der Waals surface area contributed by atoms with Crippen molar-refractivity contribution in [3.63, 3.8) is 0 Å². The van der Waals surface area contributed by atoms with Crippen LogP contribution in [0.1, 0.15) is 40.0 Å². The van der Waals surface area contributed by atoms with Crippen molar-refractivity contribution < 1.29 is 9.53 Å². The van der Waals surface area contributed by atoms with Crippen LogP contribution >= 0.6 is 15.9 Å². The number of benzene rings is 1. The lowest BCUT2D eigenvalue weighted by Crippen LogP contribution is -2.23. The zero-order valence-electron chi connectivity index (χ0n) is 15.8. The number of ether oxygens (including phenoxy) is 1. The van der Waals surface area contributed by atoms with Gasteiger partial charge in [-0.25, -0.2) is 4.98 Å². The number of hydrogen-bond donors (Lipinski definition) is 0. The van der Waals surface area contributed by atoms with E-state index in [4.69, 9.17) is 4.74 Å². The summed E-state index contributed by atoms with van der Waals surface area (Å²) in [4.78, 5) is 20.9. The molecule has 0 aliphatic heterocycles. The molecule has 0 spiro atoms. The van der Waals surface area contributed by atoms with Crippen molar-refractivity contribution >= 4 is 32.9 Å². The maximum Gasteiger partial charge on any atom is 0.306 e. The Bertz CT molecular complexity index is 947. The Kier molecular flexibility index (Phi) is 5.89. The monoisotopic (exact) mass is 430 g/mol. The number of aryl methyl sites for hydroxylation is 1. The van der Waals surface area contributed by atoms with E-state index in [0.717, 1.165) is 46.1 Å². The molecule has 0 saturated heterocycles. The van der Waals surface area contributed by atoms with Crippen LogP contribution in [0.25, 0.3) is 22.3 Å². The first-order valence-corrected chi connectivity index (χ1v) is 9.76. The smallest absolute Gasteiger partial charge is 0.306 e. The van der Waals surface area contributed by atoms with Gasteiger partial charge in [-0.05, 0) is 51.8 Å². The molecule has 0 aliphatic rings. The summed E-state index contributed by atoms with van der Waals surface area (Å²) in [5.74, 6) is -0.152. The van der Waals surface area contributed by atoms with Gasteiger partial charge in [0.25, 0.3) is 0 Å². The molecule has 142 valence electrons. The van der Waals surface area contributed by atoms with Gasteiger partial charge in [0.1, 0.15) is 5.60 Å². The van der Waals surface area contributed by atoms with Crippen molar-refractivity contribution in [3.8, 4) is 11.3 Å². The zero-order chi connectivity index (χ0) is 19.4. The van der Waals surface area contributed by atoms with E-state index in [1.807, 2.05) is 49.8 Å². The molecule has 0 radical (unpaired) electrons. The van der Waals surface area contributed by atoms with E-state index in [0.29, 0.717) is 6.42 Å². The highest BCUT2D eigenvalue weighted by molar-refractivity contribution is 9.10. The third-order valence-electron chi connectivity index (χ3n) is 3.87. The second kappa shape index (κ2) is 8.17. The van der Waals surface area contributed by atoms with Crippen molar-refractivity contribution in [2.45, 2.75) is 52.2 Å². The van der Waals surface area contributed by atoms with Crippen LogP contribution in [-0.2, 0) is 16.1 Å². The summed E-state index contributed by atoms with van der Waals surface area (Å²) in [5, 5.41) is 4.39. The molecule has 27 heavy (non-hydrogen) atoms. The van der Waals surface area contributed by atoms with E-state index >= 15 is 0 Å². The zero-order valence-corrected chi connectivity index (χ0v) is 17.4. The van der Waals surface area contributed by atoms with Gasteiger partial charge in [0.15, 0.2) is 0 Å². The minimum atomic E-state index is -0.426. The fourth-order valence-electron chi connectivity index (χ4n) is 2.68. The standard InChI is InChI=1S/C20H23BrN4O2/c1-20(2,3)27-19(26)6-4-5-9-25-13-14(11-23-25)18-12-22-16-8-7-15(21)10-17(16)24-18/h7-8,10-13H,4-6,9H2,1-3H3. The second-order valence-electron chi connectivity index (χ2n) is 7.42. The van der Waals surface area contributed by atoms with Crippen LogP contribution in [0.2, 0.25) is 0 Å². The maximum atomic E-state index is 11.7. The van der Waals surface area contributed by atoms with E-state index < -0.39 is 5.60 Å². The van der Waals surface area contributed by atoms with Gasteiger partial charge in [-0.3, -0.25) is 14.5 Å². The maximum absolute atomic E-state index is 11.7. The molecule has 2 aromatic heterocycles. The lowest BCUT2D eigenvalue weighted by atomic mass is 10.2. The van der Waals surface area contributed by atoms with Crippen LogP contribution in [0.4, 0.5) is 0 Å². The summed E-state index contributed by atoms with van der Waals surface area (Å²) in [5.41, 5.74) is 2.99. The minimum Gasteiger partial charge on any atom is -0.460 e. The van der Waals surface area contributed by atoms with E-state index in [1.165, 1.54) is 0 Å². The summed E-state index contributed by atoms with van der Waals surface area (Å²) in [6.45, 7) is 6.38. The van der Waals surface area contributed by atoms with Gasteiger partial charge in [0.2, 0.25) is 0 Å². The number of carbonyl (C=O) groups is 1. The van der Waals surface area contributed by atoms with Gasteiger partial charge < -0.3 is 4.74 Å². The highest BCUT2D eigenvalue weighted by Crippen LogP contribution is 2.21. The van der Waals surface area contributed by atoms with E-state index in [-0.39, 0.29) is 5.97 Å². The molecule has 0 aliphatic carbocycles. The Morgan fingerprint density at radius 3 is 2.78 bits per heavy atom. The van der Waals surface area contributed by atoms with Gasteiger partial charge in [0.05, 0.1) is 29.1 Å². The molecule has 2 heterocycles. The average molecular weight is 431 g/mol. The number of rotatable bonds is 6. The van der Waals surface area contributed by atoms with Gasteiger partial charge in [-0.15, -0.1) is 0 Å². The Morgan fingerprint density at radius 1 is 1.19 bits per heavy atom. The molecule has 3 aromatic rings. The molecule has 3 rings (SSSR count). The van der Waals surface area contributed by atoms with Crippen LogP contribution in [0.3, 0.4) is 0 Å². The number of halogens is 1. The fourth-order valence-corrected chi connectivity index (χ4v) is 3.03. The highest BCUT2D eigenvalue weighted by atomic mass is 79.9. The molecule has 0 amide bonds. The lowest BCUT2D eigenvalue weighted by Gasteiger charge is -2.19. The Morgan fingerprint density at radius 2 is 2.00 bits per heavy atom. The van der Waals surface area contributed by atoms with Crippen molar-refractivity contribution in [3.05, 3.63) is 41.3 Å². The third-order valence-corrected chi connectivity index (χ3v) is 4.36. The van der Waals surface area contributed by atoms with E-state index in [1.54, 1.807) is 12.4 Å². The number of carbonyl (C=O) groups excluding carboxylic acids is 1. The predicted molar refractivity (Wildman–Crippen MR) is 108 cm³/mol. The Balaban J connectivity index is 1.56. The summed E-state index contributed by atoms with van der Waals surface area (Å²) in [6, 6.07) is 5.84. The van der Waals surface area contributed by atoms with E-state index in [9.17, 15) is 4.79 Å². The lowest BCUT2D eigenvalue weighted by molar-refractivity contribution is -0.154. The van der Waals surface area contributed by atoms with Crippen LogP contribution in [0.5, 0.6) is 0 Å². The molecule has 0 saturated carbocycles. The summed E-state index contributed by atoms with van der Waals surface area (Å²) in [6.07, 6.45) is 7.57. The Hall–Kier alpha value is -2.28. The van der Waals surface area contributed by atoms with Crippen LogP contribution < -0.4 is 0 Å². The van der Waals surface area contributed by atoms with Gasteiger partial charge >= 0.3 is 5.97 Å². The van der Waals surface area contributed by atoms with Crippen LogP contribution in [-0.4, -0.2) is 31.3 Å². The molecule has 0 atom stereocenters. The first-order chi connectivity index (χ1) is 12.8. The number of unbranched alkanes of at least 4 members (excludes halogenated alkanes) is 1. The van der Waals surface area contributed by atoms with Gasteiger partial charge in [-0.2, -0.15) is 5.10 Å². The van der Waals surface area contributed by atoms with Crippen LogP contribution in [0.15, 0.2) is 41.3 Å². The average Bonchev–Trinajstić information content (AvgIpc) is 3.05. The molecule has 0 N–H and O–H groups in total. The number of fused-ring (bicyclic) bond motifs is 1. The summed E-state index contributed by atoms with van der Waals surface area (Å²) < 4.78 is 8.16. The number of esters is 1. The Labute approximate surface area is 167 Å². The minimum absolute atomic E-state index is 0.152. The SMILES string of the molecule is CC(C)(C)OC(=O)CCCCn1cc(-c2cnc3ccc(Br)cc3n2)cn1. The summed E-state index contributed by atoms with van der Waals surface area (Å²) >= 11 is 3.46. The summed E-state index contributed by atoms with van der Waals surface area (Å²) in [7, 11) is 0. The van der Waals surface area contributed by atoms with Crippen LogP contribution in [0, 0.1) is 0 Å². The predicted octanol–water partition coefficient (Wildman–Crippen LogP) is 4.77. The molecule has 1 aromatic carbocycles. The fraction of sp³-hybridized carbons (Fsp3) is 0.400. The van der Waals surface area contributed by atoms with Crippen molar-refractivity contribution in [2.24, 2.45) is 0 Å². The first kappa shape index (κ1) is 19.5. The number of nitrogens with zero attached hydrogens (tertiary/aromatic N) is 4. The van der Waals surface area contributed by atoms with Crippen molar-refractivity contribution in [1.82, 2.24) is 19.7 Å².